The number of carbonyl (C=O) groups excluding carboxylic acids is 1. The molecule has 3 atom stereocenters. The van der Waals surface area contributed by atoms with Crippen LogP contribution in [0.2, 0.25) is 0 Å². The molecule has 30 heavy (non-hydrogen) atoms. The number of aryl methyl sites for hydroxylation is 1. The lowest BCUT2D eigenvalue weighted by atomic mass is 9.64. The molecule has 3 unspecified atom stereocenters. The van der Waals surface area contributed by atoms with Crippen molar-refractivity contribution in [2.24, 2.45) is 5.92 Å². The van der Waals surface area contributed by atoms with Crippen molar-refractivity contribution in [1.82, 2.24) is 9.88 Å². The van der Waals surface area contributed by atoms with Gasteiger partial charge in [0.1, 0.15) is 11.8 Å². The number of fused-ring (bicyclic) bond motifs is 2. The Morgan fingerprint density at radius 2 is 2.07 bits per heavy atom. The topological polar surface area (TPSA) is 95.7 Å². The minimum Gasteiger partial charge on any atom is -0.479 e. The number of hydrogen-bond donors (Lipinski definition) is 2. The van der Waals surface area contributed by atoms with E-state index in [2.05, 4.69) is 10.3 Å². The van der Waals surface area contributed by atoms with Gasteiger partial charge in [-0.25, -0.2) is 14.6 Å². The van der Waals surface area contributed by atoms with Crippen molar-refractivity contribution in [3.05, 3.63) is 35.7 Å². The van der Waals surface area contributed by atoms with Crippen LogP contribution in [0.5, 0.6) is 0 Å². The maximum absolute atomic E-state index is 13.4. The van der Waals surface area contributed by atoms with Crippen LogP contribution in [0.15, 0.2) is 28.9 Å². The molecule has 2 aliphatic heterocycles. The summed E-state index contributed by atoms with van der Waals surface area (Å²) in [5, 5.41) is 12.2. The first-order valence-corrected chi connectivity index (χ1v) is 9.49. The Labute approximate surface area is 169 Å². The average molecular weight is 423 g/mol. The number of aliphatic carboxylic acids is 1. The molecule has 1 aromatic heterocycles. The van der Waals surface area contributed by atoms with E-state index < -0.39 is 29.3 Å². The van der Waals surface area contributed by atoms with Crippen molar-refractivity contribution in [2.45, 2.75) is 50.9 Å². The van der Waals surface area contributed by atoms with E-state index in [-0.39, 0.29) is 29.1 Å². The number of anilines is 1. The Bertz CT molecular complexity index is 1020. The van der Waals surface area contributed by atoms with Crippen LogP contribution in [0.3, 0.4) is 0 Å². The van der Waals surface area contributed by atoms with Crippen LogP contribution in [0.25, 0.3) is 11.5 Å². The second kappa shape index (κ2) is 6.75. The fourth-order valence-corrected chi connectivity index (χ4v) is 4.66. The Kier molecular flexibility index (Phi) is 4.55. The predicted molar refractivity (Wildman–Crippen MR) is 99.7 cm³/mol. The summed E-state index contributed by atoms with van der Waals surface area (Å²) in [6, 6.07) is 2.27. The second-order valence-corrected chi connectivity index (χ2v) is 8.09. The highest BCUT2D eigenvalue weighted by atomic mass is 19.4. The highest BCUT2D eigenvalue weighted by molar-refractivity contribution is 5.96. The van der Waals surface area contributed by atoms with Crippen LogP contribution in [-0.2, 0) is 11.0 Å². The van der Waals surface area contributed by atoms with Crippen molar-refractivity contribution in [2.75, 3.05) is 5.32 Å². The predicted octanol–water partition coefficient (Wildman–Crippen LogP) is 4.53. The van der Waals surface area contributed by atoms with Gasteiger partial charge >= 0.3 is 18.2 Å². The zero-order valence-electron chi connectivity index (χ0n) is 16.3. The third kappa shape index (κ3) is 3.20. The fourth-order valence-electron chi connectivity index (χ4n) is 4.66. The van der Waals surface area contributed by atoms with Gasteiger partial charge in [-0.15, -0.1) is 0 Å². The number of halogens is 3. The van der Waals surface area contributed by atoms with Gasteiger partial charge in [0.15, 0.2) is 0 Å². The molecule has 2 aromatic rings. The smallest absolute Gasteiger partial charge is 0.417 e. The standard InChI is InChI=1S/C20H20F3N3O4/c1-10-5-13-8-19(7-10,17(27)28)26(13)18(29)25-12-3-4-15(20(21,22)23)14(6-12)16-24-11(2)9-30-16/h3-4,6,9-10,13H,5,7-8H2,1-2H3,(H,25,29)(H,27,28). The molecule has 0 spiro atoms. The number of alkyl halides is 3. The Morgan fingerprint density at radius 1 is 1.33 bits per heavy atom. The quantitative estimate of drug-likeness (QED) is 0.756. The lowest BCUT2D eigenvalue weighted by Crippen LogP contribution is -2.75. The van der Waals surface area contributed by atoms with E-state index in [0.717, 1.165) is 18.2 Å². The summed E-state index contributed by atoms with van der Waals surface area (Å²) in [5.74, 6) is -1.11. The van der Waals surface area contributed by atoms with Crippen LogP contribution < -0.4 is 5.32 Å². The summed E-state index contributed by atoms with van der Waals surface area (Å²) in [6.07, 6.45) is -1.98. The van der Waals surface area contributed by atoms with E-state index in [0.29, 0.717) is 25.0 Å². The zero-order chi connectivity index (χ0) is 21.8. The zero-order valence-corrected chi connectivity index (χ0v) is 16.3. The van der Waals surface area contributed by atoms with Gasteiger partial charge in [-0.2, -0.15) is 13.2 Å². The number of hydrogen-bond acceptors (Lipinski definition) is 4. The number of carboxylic acids is 1. The van der Waals surface area contributed by atoms with Gasteiger partial charge in [-0.1, -0.05) is 6.92 Å². The first-order valence-electron chi connectivity index (χ1n) is 9.49. The van der Waals surface area contributed by atoms with E-state index >= 15 is 0 Å². The monoisotopic (exact) mass is 423 g/mol. The number of benzene rings is 1. The number of oxazole rings is 1. The fraction of sp³-hybridized carbons (Fsp3) is 0.450. The minimum absolute atomic E-state index is 0.0948. The molecule has 2 bridgehead atoms. The van der Waals surface area contributed by atoms with Crippen molar-refractivity contribution < 1.29 is 32.3 Å². The van der Waals surface area contributed by atoms with Crippen LogP contribution in [0.1, 0.15) is 37.4 Å². The minimum atomic E-state index is -4.64. The van der Waals surface area contributed by atoms with Gasteiger partial charge in [0, 0.05) is 18.2 Å². The molecule has 2 aliphatic rings. The number of piperidine rings is 1. The molecule has 0 radical (unpaired) electrons. The number of amides is 2. The summed E-state index contributed by atoms with van der Waals surface area (Å²) in [5.41, 5.74) is -2.01. The van der Waals surface area contributed by atoms with Crippen molar-refractivity contribution >= 4 is 17.7 Å². The van der Waals surface area contributed by atoms with E-state index in [1.807, 2.05) is 6.92 Å². The third-order valence-electron chi connectivity index (χ3n) is 5.80. The number of carboxylic acid groups (broad SMARTS) is 1. The number of urea groups is 1. The summed E-state index contributed by atoms with van der Waals surface area (Å²) in [6.45, 7) is 3.53. The number of aromatic nitrogens is 1. The molecular formula is C20H20F3N3O4. The number of carbonyl (C=O) groups is 2. The number of nitrogens with one attached hydrogen (secondary N) is 1. The maximum Gasteiger partial charge on any atom is 0.417 e. The van der Waals surface area contributed by atoms with Gasteiger partial charge in [0.25, 0.3) is 0 Å². The SMILES string of the molecule is Cc1coc(-c2cc(NC(=O)N3C4CC(C)CC3(C(=O)O)C4)ccc2C(F)(F)F)n1. The molecule has 0 aliphatic carbocycles. The molecule has 10 heteroatoms. The molecule has 0 saturated carbocycles. The highest BCUT2D eigenvalue weighted by Crippen LogP contribution is 2.50. The molecule has 2 N–H and O–H groups in total. The summed E-state index contributed by atoms with van der Waals surface area (Å²) < 4.78 is 45.4. The molecule has 2 saturated heterocycles. The van der Waals surface area contributed by atoms with Crippen LogP contribution in [0.4, 0.5) is 23.7 Å². The van der Waals surface area contributed by atoms with Crippen LogP contribution in [-0.4, -0.2) is 38.6 Å². The molecule has 2 fully saturated rings. The van der Waals surface area contributed by atoms with Crippen LogP contribution >= 0.6 is 0 Å². The first-order chi connectivity index (χ1) is 14.0. The van der Waals surface area contributed by atoms with Gasteiger partial charge in [-0.05, 0) is 43.9 Å². The van der Waals surface area contributed by atoms with E-state index in [9.17, 15) is 27.9 Å². The molecule has 2 amide bonds. The molecule has 1 aromatic carbocycles. The first kappa shape index (κ1) is 20.2. The van der Waals surface area contributed by atoms with E-state index in [4.69, 9.17) is 4.42 Å². The summed E-state index contributed by atoms with van der Waals surface area (Å²) in [7, 11) is 0. The van der Waals surface area contributed by atoms with Gasteiger partial charge < -0.3 is 19.7 Å². The molecule has 3 heterocycles. The van der Waals surface area contributed by atoms with Crippen molar-refractivity contribution in [3.63, 3.8) is 0 Å². The lowest BCUT2D eigenvalue weighted by molar-refractivity contribution is -0.173. The number of rotatable bonds is 3. The summed E-state index contributed by atoms with van der Waals surface area (Å²) in [4.78, 5) is 30.0. The maximum atomic E-state index is 13.4. The lowest BCUT2D eigenvalue weighted by Gasteiger charge is -2.60. The number of nitrogens with zero attached hydrogens (tertiary/aromatic N) is 2. The molecule has 4 rings (SSSR count). The van der Waals surface area contributed by atoms with Crippen molar-refractivity contribution in [1.29, 1.82) is 0 Å². The Morgan fingerprint density at radius 3 is 2.67 bits per heavy atom. The van der Waals surface area contributed by atoms with Crippen LogP contribution in [0, 0.1) is 12.8 Å². The van der Waals surface area contributed by atoms with E-state index in [1.54, 1.807) is 6.92 Å². The molecule has 160 valence electrons. The second-order valence-electron chi connectivity index (χ2n) is 8.09. The van der Waals surface area contributed by atoms with Gasteiger partial charge in [0.05, 0.1) is 16.8 Å². The normalized spacial score (nSPS) is 25.6. The van der Waals surface area contributed by atoms with Crippen molar-refractivity contribution in [3.8, 4) is 11.5 Å². The third-order valence-corrected chi connectivity index (χ3v) is 5.80. The Balaban J connectivity index is 1.64. The average Bonchev–Trinajstić information content (AvgIpc) is 3.06. The van der Waals surface area contributed by atoms with E-state index in [1.165, 1.54) is 11.2 Å². The molecular weight excluding hydrogens is 403 g/mol. The van der Waals surface area contributed by atoms with Gasteiger partial charge in [0.2, 0.25) is 5.89 Å². The summed E-state index contributed by atoms with van der Waals surface area (Å²) >= 11 is 0. The Hall–Kier alpha value is -3.04. The van der Waals surface area contributed by atoms with Gasteiger partial charge in [-0.3, -0.25) is 0 Å². The highest BCUT2D eigenvalue weighted by Gasteiger charge is 2.63. The largest absolute Gasteiger partial charge is 0.479 e. The molecule has 7 nitrogen and oxygen atoms in total.